The van der Waals surface area contributed by atoms with Crippen LogP contribution in [0.3, 0.4) is 0 Å². The van der Waals surface area contributed by atoms with E-state index in [-0.39, 0.29) is 24.0 Å². The number of nitrogens with zero attached hydrogens (tertiary/aromatic N) is 1. The van der Waals surface area contributed by atoms with Gasteiger partial charge in [0.15, 0.2) is 0 Å². The maximum absolute atomic E-state index is 14.1. The number of hydrogen-bond acceptors (Lipinski definition) is 4. The van der Waals surface area contributed by atoms with Gasteiger partial charge in [-0.2, -0.15) is 0 Å². The minimum absolute atomic E-state index is 0.0305. The van der Waals surface area contributed by atoms with E-state index in [1.165, 1.54) is 5.56 Å². The Hall–Kier alpha value is -3.64. The molecule has 1 saturated carbocycles. The molecule has 0 aromatic heterocycles. The molecule has 1 fully saturated rings. The summed E-state index contributed by atoms with van der Waals surface area (Å²) in [5.41, 5.74) is 4.64. The van der Waals surface area contributed by atoms with Crippen LogP contribution < -0.4 is 10.1 Å². The van der Waals surface area contributed by atoms with Gasteiger partial charge in [0, 0.05) is 24.6 Å². The van der Waals surface area contributed by atoms with Crippen LogP contribution in [0.15, 0.2) is 72.8 Å². The van der Waals surface area contributed by atoms with Gasteiger partial charge in [-0.15, -0.1) is 0 Å². The van der Waals surface area contributed by atoms with Crippen LogP contribution in [0.25, 0.3) is 0 Å². The maximum atomic E-state index is 14.1. The molecule has 6 heteroatoms. The van der Waals surface area contributed by atoms with E-state index in [1.807, 2.05) is 59.5 Å². The quantitative estimate of drug-likeness (QED) is 0.510. The standard InChI is InChI=1S/C32H34N2O4/c35-25-13-11-24(12-14-25)34-30(23-10-15-28-22(20-23)17-19-38-28)29(26-8-4-5-9-27(26)32(34)37)31(36)33-18-16-21-6-2-1-3-7-21/h1-10,15,20,24-25,29-30,35H,11-14,16-19H2,(H,33,36)/t24-,25-,29-,30+/m1/s1. The van der Waals surface area contributed by atoms with E-state index >= 15 is 0 Å². The molecule has 2 N–H and O–H groups in total. The van der Waals surface area contributed by atoms with Crippen LogP contribution >= 0.6 is 0 Å². The molecule has 6 rings (SSSR count). The van der Waals surface area contributed by atoms with E-state index in [0.717, 1.165) is 48.1 Å². The third-order valence-electron chi connectivity index (χ3n) is 8.33. The maximum Gasteiger partial charge on any atom is 0.254 e. The first-order valence-electron chi connectivity index (χ1n) is 13.8. The summed E-state index contributed by atoms with van der Waals surface area (Å²) in [6.45, 7) is 1.18. The second-order valence-corrected chi connectivity index (χ2v) is 10.7. The van der Waals surface area contributed by atoms with Crippen molar-refractivity contribution >= 4 is 11.8 Å². The third kappa shape index (κ3) is 4.69. The van der Waals surface area contributed by atoms with Gasteiger partial charge in [-0.25, -0.2) is 0 Å². The van der Waals surface area contributed by atoms with Gasteiger partial charge in [-0.3, -0.25) is 9.59 Å². The number of benzene rings is 3. The molecule has 0 spiro atoms. The zero-order valence-corrected chi connectivity index (χ0v) is 21.5. The van der Waals surface area contributed by atoms with E-state index < -0.39 is 12.0 Å². The van der Waals surface area contributed by atoms with Crippen molar-refractivity contribution in [2.45, 2.75) is 62.6 Å². The molecule has 0 radical (unpaired) electrons. The first kappa shape index (κ1) is 24.7. The number of carbonyl (C=O) groups excluding carboxylic acids is 2. The Labute approximate surface area is 223 Å². The van der Waals surface area contributed by atoms with Gasteiger partial charge in [0.05, 0.1) is 24.7 Å². The molecule has 3 aromatic rings. The minimum atomic E-state index is -0.535. The van der Waals surface area contributed by atoms with Crippen LogP contribution in [0.4, 0.5) is 0 Å². The molecule has 2 amide bonds. The fourth-order valence-corrected chi connectivity index (χ4v) is 6.40. The first-order chi connectivity index (χ1) is 18.6. The number of aliphatic hydroxyl groups excluding tert-OH is 1. The number of rotatable bonds is 6. The number of ether oxygens (including phenoxy) is 1. The van der Waals surface area contributed by atoms with Crippen molar-refractivity contribution in [3.63, 3.8) is 0 Å². The van der Waals surface area contributed by atoms with Crippen LogP contribution in [0.5, 0.6) is 5.75 Å². The molecule has 2 atom stereocenters. The smallest absolute Gasteiger partial charge is 0.254 e. The van der Waals surface area contributed by atoms with Gasteiger partial charge in [-0.05, 0) is 72.6 Å². The molecule has 3 aliphatic rings. The predicted molar refractivity (Wildman–Crippen MR) is 145 cm³/mol. The summed E-state index contributed by atoms with van der Waals surface area (Å²) in [6.07, 6.45) is 4.01. The lowest BCUT2D eigenvalue weighted by atomic mass is 9.76. The third-order valence-corrected chi connectivity index (χ3v) is 8.33. The lowest BCUT2D eigenvalue weighted by Gasteiger charge is -2.47. The summed E-state index contributed by atoms with van der Waals surface area (Å²) < 4.78 is 5.75. The van der Waals surface area contributed by atoms with Crippen molar-refractivity contribution in [1.29, 1.82) is 0 Å². The number of carbonyl (C=O) groups is 2. The summed E-state index contributed by atoms with van der Waals surface area (Å²) in [7, 11) is 0. The van der Waals surface area contributed by atoms with E-state index in [2.05, 4.69) is 23.5 Å². The van der Waals surface area contributed by atoms with Gasteiger partial charge in [-0.1, -0.05) is 54.6 Å². The van der Waals surface area contributed by atoms with E-state index in [9.17, 15) is 14.7 Å². The van der Waals surface area contributed by atoms with Crippen LogP contribution in [-0.4, -0.2) is 47.1 Å². The van der Waals surface area contributed by atoms with E-state index in [0.29, 0.717) is 31.6 Å². The summed E-state index contributed by atoms with van der Waals surface area (Å²) in [4.78, 5) is 30.1. The van der Waals surface area contributed by atoms with Gasteiger partial charge in [0.1, 0.15) is 5.75 Å². The second kappa shape index (κ2) is 10.6. The zero-order chi connectivity index (χ0) is 26.1. The molecule has 0 bridgehead atoms. The lowest BCUT2D eigenvalue weighted by molar-refractivity contribution is -0.124. The molecular formula is C32H34N2O4. The topological polar surface area (TPSA) is 78.9 Å². The number of aliphatic hydroxyl groups is 1. The van der Waals surface area contributed by atoms with Gasteiger partial charge >= 0.3 is 0 Å². The predicted octanol–water partition coefficient (Wildman–Crippen LogP) is 4.56. The Morgan fingerprint density at radius 2 is 1.74 bits per heavy atom. The van der Waals surface area contributed by atoms with Crippen LogP contribution in [0, 0.1) is 0 Å². The molecular weight excluding hydrogens is 476 g/mol. The average molecular weight is 511 g/mol. The normalized spacial score (nSPS) is 24.3. The molecule has 0 saturated heterocycles. The molecule has 196 valence electrons. The minimum Gasteiger partial charge on any atom is -0.493 e. The molecule has 2 heterocycles. The van der Waals surface area contributed by atoms with Crippen molar-refractivity contribution in [3.8, 4) is 5.75 Å². The molecule has 0 unspecified atom stereocenters. The molecule has 3 aromatic carbocycles. The van der Waals surface area contributed by atoms with Crippen molar-refractivity contribution in [2.75, 3.05) is 13.2 Å². The van der Waals surface area contributed by atoms with E-state index in [1.54, 1.807) is 0 Å². The van der Waals surface area contributed by atoms with Crippen LogP contribution in [-0.2, 0) is 17.6 Å². The molecule has 2 aliphatic heterocycles. The van der Waals surface area contributed by atoms with E-state index in [4.69, 9.17) is 4.74 Å². The SMILES string of the molecule is O=C(NCCc1ccccc1)[C@@H]1c2ccccc2C(=O)N([C@H]2CC[C@H](O)CC2)[C@H]1c1ccc2c(c1)CCO2. The van der Waals surface area contributed by atoms with Gasteiger partial charge in [0.2, 0.25) is 5.91 Å². The van der Waals surface area contributed by atoms with Crippen LogP contribution in [0.2, 0.25) is 0 Å². The highest BCUT2D eigenvalue weighted by atomic mass is 16.5. The highest BCUT2D eigenvalue weighted by molar-refractivity contribution is 6.01. The van der Waals surface area contributed by atoms with Gasteiger partial charge < -0.3 is 20.1 Å². The second-order valence-electron chi connectivity index (χ2n) is 10.7. The fourth-order valence-electron chi connectivity index (χ4n) is 6.40. The number of fused-ring (bicyclic) bond motifs is 2. The first-order valence-corrected chi connectivity index (χ1v) is 13.8. The fraction of sp³-hybridized carbons (Fsp3) is 0.375. The van der Waals surface area contributed by atoms with Gasteiger partial charge in [0.25, 0.3) is 5.91 Å². The van der Waals surface area contributed by atoms with Crippen molar-refractivity contribution < 1.29 is 19.4 Å². The molecule has 6 nitrogen and oxygen atoms in total. The Kier molecular flexibility index (Phi) is 6.90. The summed E-state index contributed by atoms with van der Waals surface area (Å²) in [6, 6.07) is 23.4. The Morgan fingerprint density at radius 3 is 2.55 bits per heavy atom. The number of nitrogens with one attached hydrogen (secondary N) is 1. The highest BCUT2D eigenvalue weighted by Gasteiger charge is 2.47. The molecule has 38 heavy (non-hydrogen) atoms. The Bertz CT molecular complexity index is 1320. The van der Waals surface area contributed by atoms with Crippen LogP contribution in [0.1, 0.15) is 70.3 Å². The molecule has 1 aliphatic carbocycles. The van der Waals surface area contributed by atoms with Crippen molar-refractivity contribution in [3.05, 3.63) is 101 Å². The summed E-state index contributed by atoms with van der Waals surface area (Å²) in [5, 5.41) is 13.4. The Balaban J connectivity index is 1.39. The summed E-state index contributed by atoms with van der Waals surface area (Å²) >= 11 is 0. The number of hydrogen-bond donors (Lipinski definition) is 2. The zero-order valence-electron chi connectivity index (χ0n) is 21.5. The lowest BCUT2D eigenvalue weighted by Crippen LogP contribution is -2.52. The van der Waals surface area contributed by atoms with Crippen molar-refractivity contribution in [2.24, 2.45) is 0 Å². The number of amides is 2. The Morgan fingerprint density at radius 1 is 0.974 bits per heavy atom. The average Bonchev–Trinajstić information content (AvgIpc) is 3.42. The summed E-state index contributed by atoms with van der Waals surface area (Å²) in [5.74, 6) is 0.250. The largest absolute Gasteiger partial charge is 0.493 e. The monoisotopic (exact) mass is 510 g/mol. The highest BCUT2D eigenvalue weighted by Crippen LogP contribution is 2.46. The van der Waals surface area contributed by atoms with Crippen molar-refractivity contribution in [1.82, 2.24) is 10.2 Å².